The molecule has 3 rings (SSSR count). The highest BCUT2D eigenvalue weighted by Gasteiger charge is 2.18. The van der Waals surface area contributed by atoms with E-state index in [0.29, 0.717) is 16.7 Å². The van der Waals surface area contributed by atoms with Gasteiger partial charge in [-0.25, -0.2) is 4.39 Å². The third kappa shape index (κ3) is 4.54. The van der Waals surface area contributed by atoms with Crippen LogP contribution in [-0.4, -0.2) is 28.0 Å². The van der Waals surface area contributed by atoms with E-state index < -0.39 is 0 Å². The summed E-state index contributed by atoms with van der Waals surface area (Å²) in [7, 11) is 0. The van der Waals surface area contributed by atoms with Crippen LogP contribution in [0.25, 0.3) is 11.5 Å². The maximum absolute atomic E-state index is 12.9. The summed E-state index contributed by atoms with van der Waals surface area (Å²) in [5, 5.41) is 8.07. The average molecular weight is 336 g/mol. The Bertz CT molecular complexity index is 654. The molecule has 0 bridgehead atoms. The standard InChI is InChI=1S/C16H17FN2O3S/c17-12-8-6-11(7-9-12)15-18-19-16(22-15)23-10-14(20)21-13-4-2-1-3-5-13/h6-9,13H,1-5,10H2. The summed E-state index contributed by atoms with van der Waals surface area (Å²) in [5.41, 5.74) is 0.635. The van der Waals surface area contributed by atoms with Crippen molar-refractivity contribution < 1.29 is 18.3 Å². The normalized spacial score (nSPS) is 15.5. The predicted molar refractivity (Wildman–Crippen MR) is 83.4 cm³/mol. The Kier molecular flexibility index (Phi) is 5.27. The van der Waals surface area contributed by atoms with Gasteiger partial charge in [-0.05, 0) is 49.9 Å². The minimum Gasteiger partial charge on any atom is -0.462 e. The van der Waals surface area contributed by atoms with Crippen LogP contribution in [0.3, 0.4) is 0 Å². The van der Waals surface area contributed by atoms with Crippen molar-refractivity contribution in [1.82, 2.24) is 10.2 Å². The number of aromatic nitrogens is 2. The van der Waals surface area contributed by atoms with Crippen LogP contribution in [0.15, 0.2) is 33.9 Å². The van der Waals surface area contributed by atoms with Crippen LogP contribution >= 0.6 is 11.8 Å². The highest BCUT2D eigenvalue weighted by molar-refractivity contribution is 7.99. The van der Waals surface area contributed by atoms with Crippen molar-refractivity contribution in [1.29, 1.82) is 0 Å². The monoisotopic (exact) mass is 336 g/mol. The molecule has 1 aromatic carbocycles. The van der Waals surface area contributed by atoms with E-state index in [1.54, 1.807) is 12.1 Å². The summed E-state index contributed by atoms with van der Waals surface area (Å²) >= 11 is 1.15. The van der Waals surface area contributed by atoms with E-state index in [1.165, 1.54) is 18.6 Å². The van der Waals surface area contributed by atoms with Gasteiger partial charge in [0, 0.05) is 5.56 Å². The second-order valence-electron chi connectivity index (χ2n) is 5.42. The lowest BCUT2D eigenvalue weighted by molar-refractivity contribution is -0.147. The van der Waals surface area contributed by atoms with Crippen LogP contribution in [0.4, 0.5) is 4.39 Å². The Morgan fingerprint density at radius 1 is 1.22 bits per heavy atom. The van der Waals surface area contributed by atoms with Gasteiger partial charge >= 0.3 is 5.97 Å². The Balaban J connectivity index is 1.50. The minimum atomic E-state index is -0.326. The molecule has 7 heteroatoms. The highest BCUT2D eigenvalue weighted by atomic mass is 32.2. The Morgan fingerprint density at radius 2 is 1.96 bits per heavy atom. The van der Waals surface area contributed by atoms with E-state index >= 15 is 0 Å². The Morgan fingerprint density at radius 3 is 2.70 bits per heavy atom. The smallest absolute Gasteiger partial charge is 0.316 e. The second kappa shape index (κ2) is 7.59. The second-order valence-corrected chi connectivity index (χ2v) is 6.35. The van der Waals surface area contributed by atoms with Gasteiger partial charge in [0.05, 0.1) is 0 Å². The molecule has 2 aromatic rings. The zero-order chi connectivity index (χ0) is 16.1. The summed E-state index contributed by atoms with van der Waals surface area (Å²) in [6, 6.07) is 5.78. The quantitative estimate of drug-likeness (QED) is 0.610. The minimum absolute atomic E-state index is 0.0503. The fourth-order valence-electron chi connectivity index (χ4n) is 2.50. The molecule has 1 saturated carbocycles. The molecular weight excluding hydrogens is 319 g/mol. The SMILES string of the molecule is O=C(CSc1nnc(-c2ccc(F)cc2)o1)OC1CCCCC1. The summed E-state index contributed by atoms with van der Waals surface area (Å²) in [6.07, 6.45) is 5.41. The van der Waals surface area contributed by atoms with Crippen LogP contribution < -0.4 is 0 Å². The molecule has 0 amide bonds. The maximum atomic E-state index is 12.9. The van der Waals surface area contributed by atoms with Gasteiger partial charge in [0.2, 0.25) is 5.89 Å². The van der Waals surface area contributed by atoms with E-state index in [0.717, 1.165) is 37.4 Å². The average Bonchev–Trinajstić information content (AvgIpc) is 3.04. The summed E-state index contributed by atoms with van der Waals surface area (Å²) in [6.45, 7) is 0. The molecule has 5 nitrogen and oxygen atoms in total. The summed E-state index contributed by atoms with van der Waals surface area (Å²) < 4.78 is 23.8. The molecule has 0 radical (unpaired) electrons. The molecule has 0 N–H and O–H groups in total. The molecule has 1 aromatic heterocycles. The van der Waals surface area contributed by atoms with Gasteiger partial charge in [0.1, 0.15) is 17.7 Å². The molecule has 1 aliphatic carbocycles. The fourth-order valence-corrected chi connectivity index (χ4v) is 3.05. The molecule has 23 heavy (non-hydrogen) atoms. The number of hydrogen-bond acceptors (Lipinski definition) is 6. The number of rotatable bonds is 5. The number of thioether (sulfide) groups is 1. The molecule has 1 heterocycles. The van der Waals surface area contributed by atoms with Crippen molar-refractivity contribution in [2.45, 2.75) is 43.4 Å². The predicted octanol–water partition coefficient (Wildman–Crippen LogP) is 3.84. The molecule has 1 aliphatic rings. The fraction of sp³-hybridized carbons (Fsp3) is 0.438. The largest absolute Gasteiger partial charge is 0.462 e. The van der Waals surface area contributed by atoms with Gasteiger partial charge in [-0.3, -0.25) is 4.79 Å². The molecule has 0 saturated heterocycles. The van der Waals surface area contributed by atoms with E-state index in [4.69, 9.17) is 9.15 Å². The zero-order valence-corrected chi connectivity index (χ0v) is 13.4. The number of ether oxygens (including phenoxy) is 1. The molecule has 0 aliphatic heterocycles. The van der Waals surface area contributed by atoms with Crippen LogP contribution in [0.5, 0.6) is 0 Å². The molecular formula is C16H17FN2O3S. The van der Waals surface area contributed by atoms with E-state index in [2.05, 4.69) is 10.2 Å². The number of carbonyl (C=O) groups excluding carboxylic acids is 1. The lowest BCUT2D eigenvalue weighted by Crippen LogP contribution is -2.21. The number of halogens is 1. The van der Waals surface area contributed by atoms with Crippen molar-refractivity contribution in [2.24, 2.45) is 0 Å². The molecule has 0 spiro atoms. The number of nitrogens with zero attached hydrogens (tertiary/aromatic N) is 2. The van der Waals surface area contributed by atoms with Crippen molar-refractivity contribution in [3.05, 3.63) is 30.1 Å². The van der Waals surface area contributed by atoms with Crippen molar-refractivity contribution in [3.8, 4) is 11.5 Å². The van der Waals surface area contributed by atoms with Crippen LogP contribution in [0, 0.1) is 5.82 Å². The molecule has 1 fully saturated rings. The first-order chi connectivity index (χ1) is 11.2. The van der Waals surface area contributed by atoms with Crippen molar-refractivity contribution in [2.75, 3.05) is 5.75 Å². The number of hydrogen-bond donors (Lipinski definition) is 0. The van der Waals surface area contributed by atoms with Crippen LogP contribution in [-0.2, 0) is 9.53 Å². The van der Waals surface area contributed by atoms with E-state index in [9.17, 15) is 9.18 Å². The zero-order valence-electron chi connectivity index (χ0n) is 12.5. The van der Waals surface area contributed by atoms with Gasteiger partial charge in [0.25, 0.3) is 5.22 Å². The van der Waals surface area contributed by atoms with Crippen LogP contribution in [0.2, 0.25) is 0 Å². The van der Waals surface area contributed by atoms with Gasteiger partial charge in [-0.1, -0.05) is 18.2 Å². The highest BCUT2D eigenvalue weighted by Crippen LogP contribution is 2.24. The number of benzene rings is 1. The molecule has 122 valence electrons. The van der Waals surface area contributed by atoms with E-state index in [-0.39, 0.29) is 23.6 Å². The molecule has 0 unspecified atom stereocenters. The Labute approximate surface area is 137 Å². The van der Waals surface area contributed by atoms with Gasteiger partial charge in [0.15, 0.2) is 0 Å². The third-order valence-corrected chi connectivity index (χ3v) is 4.45. The van der Waals surface area contributed by atoms with E-state index in [1.807, 2.05) is 0 Å². The first-order valence-corrected chi connectivity index (χ1v) is 8.61. The van der Waals surface area contributed by atoms with Gasteiger partial charge < -0.3 is 9.15 Å². The number of carbonyl (C=O) groups is 1. The maximum Gasteiger partial charge on any atom is 0.316 e. The third-order valence-electron chi connectivity index (χ3n) is 3.66. The lowest BCUT2D eigenvalue weighted by atomic mass is 9.98. The number of esters is 1. The van der Waals surface area contributed by atoms with Crippen molar-refractivity contribution in [3.63, 3.8) is 0 Å². The summed E-state index contributed by atoms with van der Waals surface area (Å²) in [4.78, 5) is 11.8. The lowest BCUT2D eigenvalue weighted by Gasteiger charge is -2.21. The van der Waals surface area contributed by atoms with Gasteiger partial charge in [-0.15, -0.1) is 10.2 Å². The van der Waals surface area contributed by atoms with Gasteiger partial charge in [-0.2, -0.15) is 0 Å². The van der Waals surface area contributed by atoms with Crippen molar-refractivity contribution >= 4 is 17.7 Å². The summed E-state index contributed by atoms with van der Waals surface area (Å²) in [5.74, 6) is -0.147. The topological polar surface area (TPSA) is 65.2 Å². The first kappa shape index (κ1) is 16.0. The van der Waals surface area contributed by atoms with Crippen LogP contribution in [0.1, 0.15) is 32.1 Å². The molecule has 0 atom stereocenters. The first-order valence-electron chi connectivity index (χ1n) is 7.62. The Hall–Kier alpha value is -1.89.